The summed E-state index contributed by atoms with van der Waals surface area (Å²) in [6.45, 7) is 1.01. The van der Waals surface area contributed by atoms with Crippen LogP contribution in [0.5, 0.6) is 0 Å². The van der Waals surface area contributed by atoms with E-state index in [1.807, 2.05) is 24.3 Å². The molecule has 1 heterocycles. The molecule has 30 heavy (non-hydrogen) atoms. The number of halogens is 1. The maximum Gasteiger partial charge on any atom is 0.294 e. The largest absolute Gasteiger partial charge is 0.459 e. The fraction of sp³-hybridized carbons (Fsp3) is 0.250. The highest BCUT2D eigenvalue weighted by Gasteiger charge is 2.22. The summed E-state index contributed by atoms with van der Waals surface area (Å²) in [4.78, 5) is 26.6. The van der Waals surface area contributed by atoms with Crippen LogP contribution in [-0.2, 0) is 17.8 Å². The summed E-state index contributed by atoms with van der Waals surface area (Å²) in [5, 5.41) is 2.96. The molecule has 2 aromatic carbocycles. The molecule has 6 heteroatoms. The molecule has 1 aliphatic rings. The number of carbonyl (C=O) groups excluding carboxylic acids is 2. The van der Waals surface area contributed by atoms with E-state index < -0.39 is 0 Å². The highest BCUT2D eigenvalue weighted by atomic mass is 19.1. The van der Waals surface area contributed by atoms with Crippen LogP contribution < -0.4 is 10.2 Å². The molecule has 1 aromatic heterocycles. The Bertz CT molecular complexity index is 994. The number of hydrogen-bond donors (Lipinski definition) is 1. The number of furan rings is 1. The van der Waals surface area contributed by atoms with Crippen LogP contribution in [0.15, 0.2) is 71.3 Å². The summed E-state index contributed by atoms with van der Waals surface area (Å²) in [7, 11) is 0. The molecule has 0 atom stereocenters. The molecule has 0 spiro atoms. The number of nitrogens with one attached hydrogen (secondary N) is 1. The number of nitrogens with zero attached hydrogens (tertiary/aromatic N) is 1. The van der Waals surface area contributed by atoms with E-state index in [9.17, 15) is 14.0 Å². The number of rotatable bonds is 8. The lowest BCUT2D eigenvalue weighted by Gasteiger charge is -2.22. The number of carbonyl (C=O) groups is 2. The van der Waals surface area contributed by atoms with E-state index in [0.29, 0.717) is 18.0 Å². The lowest BCUT2D eigenvalue weighted by molar-refractivity contribution is -0.120. The van der Waals surface area contributed by atoms with Crippen LogP contribution >= 0.6 is 0 Å². The third-order valence-electron chi connectivity index (χ3n) is 5.13. The molecule has 0 unspecified atom stereocenters. The Kier molecular flexibility index (Phi) is 5.93. The normalized spacial score (nSPS) is 13.1. The van der Waals surface area contributed by atoms with Crippen molar-refractivity contribution in [1.82, 2.24) is 5.32 Å². The quantitative estimate of drug-likeness (QED) is 0.606. The van der Waals surface area contributed by atoms with E-state index in [2.05, 4.69) is 5.32 Å². The van der Waals surface area contributed by atoms with Gasteiger partial charge in [0.1, 0.15) is 5.82 Å². The average molecular weight is 406 g/mol. The van der Waals surface area contributed by atoms with Crippen molar-refractivity contribution in [3.63, 3.8) is 0 Å². The SMILES string of the molecule is O=C(Cc1ccc(N(Cc2ccc(F)cc2)C(=O)c2ccco2)cc1)NCC1CC1. The molecule has 0 radical (unpaired) electrons. The zero-order chi connectivity index (χ0) is 20.9. The summed E-state index contributed by atoms with van der Waals surface area (Å²) in [6.07, 6.45) is 4.15. The lowest BCUT2D eigenvalue weighted by Crippen LogP contribution is -2.30. The molecule has 1 fully saturated rings. The van der Waals surface area contributed by atoms with Crippen LogP contribution in [0.1, 0.15) is 34.5 Å². The van der Waals surface area contributed by atoms with Crippen molar-refractivity contribution in [3.05, 3.63) is 89.6 Å². The Labute approximate surface area is 174 Å². The second-order valence-electron chi connectivity index (χ2n) is 7.59. The van der Waals surface area contributed by atoms with Crippen molar-refractivity contribution in [3.8, 4) is 0 Å². The third kappa shape index (κ3) is 5.14. The van der Waals surface area contributed by atoms with Gasteiger partial charge in [0.05, 0.1) is 19.2 Å². The monoisotopic (exact) mass is 406 g/mol. The zero-order valence-corrected chi connectivity index (χ0v) is 16.5. The van der Waals surface area contributed by atoms with Gasteiger partial charge in [0.2, 0.25) is 5.91 Å². The van der Waals surface area contributed by atoms with E-state index in [4.69, 9.17) is 4.42 Å². The highest BCUT2D eigenvalue weighted by Crippen LogP contribution is 2.27. The smallest absolute Gasteiger partial charge is 0.294 e. The molecule has 0 bridgehead atoms. The van der Waals surface area contributed by atoms with Gasteiger partial charge in [-0.3, -0.25) is 9.59 Å². The van der Waals surface area contributed by atoms with Crippen LogP contribution in [0.4, 0.5) is 10.1 Å². The molecule has 4 rings (SSSR count). The van der Waals surface area contributed by atoms with Crippen LogP contribution in [0.25, 0.3) is 0 Å². The fourth-order valence-electron chi connectivity index (χ4n) is 3.21. The molecule has 3 aromatic rings. The molecule has 1 saturated carbocycles. The van der Waals surface area contributed by atoms with Gasteiger partial charge in [-0.1, -0.05) is 24.3 Å². The predicted octanol–water partition coefficient (Wildman–Crippen LogP) is 4.33. The summed E-state index contributed by atoms with van der Waals surface area (Å²) in [5.41, 5.74) is 2.34. The lowest BCUT2D eigenvalue weighted by atomic mass is 10.1. The second kappa shape index (κ2) is 8.95. The summed E-state index contributed by atoms with van der Waals surface area (Å²) in [5.74, 6) is 0.250. The van der Waals surface area contributed by atoms with Gasteiger partial charge in [0.15, 0.2) is 5.76 Å². The van der Waals surface area contributed by atoms with Crippen LogP contribution in [0.3, 0.4) is 0 Å². The van der Waals surface area contributed by atoms with E-state index in [1.165, 1.54) is 31.2 Å². The molecular weight excluding hydrogens is 383 g/mol. The van der Waals surface area contributed by atoms with Gasteiger partial charge in [0, 0.05) is 12.2 Å². The van der Waals surface area contributed by atoms with E-state index >= 15 is 0 Å². The minimum Gasteiger partial charge on any atom is -0.459 e. The van der Waals surface area contributed by atoms with Gasteiger partial charge in [-0.05, 0) is 66.3 Å². The number of benzene rings is 2. The number of anilines is 1. The highest BCUT2D eigenvalue weighted by molar-refractivity contribution is 6.04. The van der Waals surface area contributed by atoms with Crippen molar-refractivity contribution in [2.75, 3.05) is 11.4 Å². The molecule has 1 N–H and O–H groups in total. The van der Waals surface area contributed by atoms with Crippen LogP contribution in [0.2, 0.25) is 0 Å². The first-order chi connectivity index (χ1) is 14.6. The van der Waals surface area contributed by atoms with Gasteiger partial charge >= 0.3 is 0 Å². The summed E-state index contributed by atoms with van der Waals surface area (Å²) < 4.78 is 18.5. The average Bonchev–Trinajstić information content (AvgIpc) is 3.43. The van der Waals surface area contributed by atoms with Gasteiger partial charge < -0.3 is 14.6 Å². The number of hydrogen-bond acceptors (Lipinski definition) is 3. The molecule has 154 valence electrons. The van der Waals surface area contributed by atoms with Crippen molar-refractivity contribution >= 4 is 17.5 Å². The predicted molar refractivity (Wildman–Crippen MR) is 112 cm³/mol. The molecule has 0 aliphatic heterocycles. The van der Waals surface area contributed by atoms with Gasteiger partial charge in [-0.15, -0.1) is 0 Å². The second-order valence-corrected chi connectivity index (χ2v) is 7.59. The van der Waals surface area contributed by atoms with E-state index in [-0.39, 0.29) is 29.9 Å². The van der Waals surface area contributed by atoms with Gasteiger partial charge in [0.25, 0.3) is 5.91 Å². The van der Waals surface area contributed by atoms with Gasteiger partial charge in [-0.25, -0.2) is 4.39 Å². The first-order valence-electron chi connectivity index (χ1n) is 10.0. The Morgan fingerprint density at radius 1 is 1.00 bits per heavy atom. The minimum atomic E-state index is -0.327. The van der Waals surface area contributed by atoms with Crippen LogP contribution in [-0.4, -0.2) is 18.4 Å². The molecule has 2 amide bonds. The minimum absolute atomic E-state index is 0.00415. The van der Waals surface area contributed by atoms with Gasteiger partial charge in [-0.2, -0.15) is 0 Å². The molecular formula is C24H23FN2O3. The first kappa shape index (κ1) is 19.9. The van der Waals surface area contributed by atoms with Crippen LogP contribution in [0, 0.1) is 11.7 Å². The summed E-state index contributed by atoms with van der Waals surface area (Å²) >= 11 is 0. The Balaban J connectivity index is 1.49. The Hall–Kier alpha value is -3.41. The molecule has 0 saturated heterocycles. The van der Waals surface area contributed by atoms with Crippen molar-refractivity contribution in [2.24, 2.45) is 5.92 Å². The maximum atomic E-state index is 13.3. The van der Waals surface area contributed by atoms with E-state index in [0.717, 1.165) is 17.7 Å². The number of amides is 2. The maximum absolute atomic E-state index is 13.3. The topological polar surface area (TPSA) is 62.6 Å². The molecule has 1 aliphatic carbocycles. The summed E-state index contributed by atoms with van der Waals surface area (Å²) in [6, 6.07) is 16.6. The standard InChI is InChI=1S/C24H23FN2O3/c25-20-9-5-19(6-10-20)16-27(24(29)22-2-1-13-30-22)21-11-7-17(8-12-21)14-23(28)26-15-18-3-4-18/h1-2,5-13,18H,3-4,14-16H2,(H,26,28). The van der Waals surface area contributed by atoms with E-state index in [1.54, 1.807) is 29.2 Å². The van der Waals surface area contributed by atoms with Crippen molar-refractivity contribution in [2.45, 2.75) is 25.8 Å². The third-order valence-corrected chi connectivity index (χ3v) is 5.13. The Morgan fingerprint density at radius 3 is 2.33 bits per heavy atom. The Morgan fingerprint density at radius 2 is 1.70 bits per heavy atom. The first-order valence-corrected chi connectivity index (χ1v) is 10.0. The van der Waals surface area contributed by atoms with Crippen molar-refractivity contribution in [1.29, 1.82) is 0 Å². The zero-order valence-electron chi connectivity index (χ0n) is 16.5. The van der Waals surface area contributed by atoms with Crippen molar-refractivity contribution < 1.29 is 18.4 Å². The molecule has 5 nitrogen and oxygen atoms in total. The fourth-order valence-corrected chi connectivity index (χ4v) is 3.21.